The van der Waals surface area contributed by atoms with Gasteiger partial charge in [-0.05, 0) is 18.9 Å². The Morgan fingerprint density at radius 1 is 1.35 bits per heavy atom. The first-order valence-electron chi connectivity index (χ1n) is 5.33. The average Bonchev–Trinajstić information content (AvgIpc) is 2.81. The van der Waals surface area contributed by atoms with E-state index in [4.69, 9.17) is 11.6 Å². The van der Waals surface area contributed by atoms with Gasteiger partial charge >= 0.3 is 0 Å². The van der Waals surface area contributed by atoms with Crippen LogP contribution < -0.4 is 0 Å². The van der Waals surface area contributed by atoms with E-state index in [0.717, 1.165) is 25.9 Å². The zero-order valence-electron chi connectivity index (χ0n) is 9.06. The highest BCUT2D eigenvalue weighted by Crippen LogP contribution is 2.24. The summed E-state index contributed by atoms with van der Waals surface area (Å²) in [5.41, 5.74) is 0.229. The van der Waals surface area contributed by atoms with Gasteiger partial charge in [0.15, 0.2) is 0 Å². The molecule has 0 aliphatic carbocycles. The van der Waals surface area contributed by atoms with Crippen molar-refractivity contribution in [3.8, 4) is 0 Å². The van der Waals surface area contributed by atoms with Crippen molar-refractivity contribution in [1.82, 2.24) is 4.90 Å². The third kappa shape index (κ3) is 2.39. The molecule has 0 aromatic heterocycles. The lowest BCUT2D eigenvalue weighted by molar-refractivity contribution is -0.384. The van der Waals surface area contributed by atoms with Crippen molar-refractivity contribution in [2.24, 2.45) is 0 Å². The molecule has 1 fully saturated rings. The first kappa shape index (κ1) is 11.9. The topological polar surface area (TPSA) is 63.4 Å². The summed E-state index contributed by atoms with van der Waals surface area (Å²) in [5.74, 6) is -0.151. The number of non-ortho nitro benzene ring substituents is 1. The number of rotatable bonds is 2. The molecule has 6 heteroatoms. The molecule has 0 bridgehead atoms. The Labute approximate surface area is 103 Å². The summed E-state index contributed by atoms with van der Waals surface area (Å²) < 4.78 is 0. The van der Waals surface area contributed by atoms with Crippen LogP contribution in [0.1, 0.15) is 23.2 Å². The largest absolute Gasteiger partial charge is 0.339 e. The van der Waals surface area contributed by atoms with Crippen LogP contribution in [0.25, 0.3) is 0 Å². The van der Waals surface area contributed by atoms with Gasteiger partial charge in [0, 0.05) is 25.2 Å². The van der Waals surface area contributed by atoms with Crippen LogP contribution in [0.2, 0.25) is 5.02 Å². The minimum Gasteiger partial charge on any atom is -0.339 e. The fourth-order valence-electron chi connectivity index (χ4n) is 1.88. The van der Waals surface area contributed by atoms with Crippen LogP contribution in [0.3, 0.4) is 0 Å². The predicted octanol–water partition coefficient (Wildman–Crippen LogP) is 2.48. The van der Waals surface area contributed by atoms with Crippen molar-refractivity contribution in [1.29, 1.82) is 0 Å². The minimum atomic E-state index is -0.532. The fourth-order valence-corrected chi connectivity index (χ4v) is 2.14. The van der Waals surface area contributed by atoms with E-state index in [9.17, 15) is 14.9 Å². The smallest absolute Gasteiger partial charge is 0.270 e. The quantitative estimate of drug-likeness (QED) is 0.602. The van der Waals surface area contributed by atoms with Gasteiger partial charge in [-0.3, -0.25) is 14.9 Å². The molecule has 1 aliphatic rings. The summed E-state index contributed by atoms with van der Waals surface area (Å²) in [6, 6.07) is 3.93. The van der Waals surface area contributed by atoms with E-state index < -0.39 is 4.92 Å². The average molecular weight is 255 g/mol. The molecule has 5 nitrogen and oxygen atoms in total. The monoisotopic (exact) mass is 254 g/mol. The number of halogens is 1. The highest BCUT2D eigenvalue weighted by molar-refractivity contribution is 6.34. The maximum absolute atomic E-state index is 12.0. The second-order valence-electron chi connectivity index (χ2n) is 3.92. The Hall–Kier alpha value is -1.62. The van der Waals surface area contributed by atoms with E-state index in [1.54, 1.807) is 4.90 Å². The normalized spacial score (nSPS) is 15.0. The van der Waals surface area contributed by atoms with Crippen molar-refractivity contribution in [3.63, 3.8) is 0 Å². The molecule has 0 saturated carbocycles. The third-order valence-corrected chi connectivity index (χ3v) is 3.10. The molecular weight excluding hydrogens is 244 g/mol. The summed E-state index contributed by atoms with van der Waals surface area (Å²) in [7, 11) is 0. The van der Waals surface area contributed by atoms with Crippen LogP contribution in [0.5, 0.6) is 0 Å². The molecule has 1 aromatic carbocycles. The lowest BCUT2D eigenvalue weighted by atomic mass is 10.2. The molecular formula is C11H11ClN2O3. The summed E-state index contributed by atoms with van der Waals surface area (Å²) in [4.78, 5) is 23.7. The van der Waals surface area contributed by atoms with Gasteiger partial charge in [-0.25, -0.2) is 0 Å². The molecule has 0 radical (unpaired) electrons. The first-order chi connectivity index (χ1) is 8.09. The van der Waals surface area contributed by atoms with E-state index in [0.29, 0.717) is 5.56 Å². The predicted molar refractivity (Wildman–Crippen MR) is 63.2 cm³/mol. The summed E-state index contributed by atoms with van der Waals surface area (Å²) in [6.45, 7) is 1.46. The van der Waals surface area contributed by atoms with Gasteiger partial charge in [0.25, 0.3) is 11.6 Å². The van der Waals surface area contributed by atoms with Crippen molar-refractivity contribution >= 4 is 23.2 Å². The Bertz CT molecular complexity index is 470. The molecule has 1 heterocycles. The maximum atomic E-state index is 12.0. The Morgan fingerprint density at radius 3 is 2.53 bits per heavy atom. The molecule has 17 heavy (non-hydrogen) atoms. The number of nitro benzene ring substituents is 1. The second-order valence-corrected chi connectivity index (χ2v) is 4.33. The number of carbonyl (C=O) groups excluding carboxylic acids is 1. The van der Waals surface area contributed by atoms with Crippen LogP contribution >= 0.6 is 11.6 Å². The van der Waals surface area contributed by atoms with E-state index in [1.165, 1.54) is 18.2 Å². The Kier molecular flexibility index (Phi) is 3.28. The minimum absolute atomic E-state index is 0.104. The zero-order chi connectivity index (χ0) is 12.4. The molecule has 1 aromatic rings. The molecule has 2 rings (SSSR count). The number of likely N-dealkylation sites (tertiary alicyclic amines) is 1. The summed E-state index contributed by atoms with van der Waals surface area (Å²) in [5, 5.41) is 10.7. The first-order valence-corrected chi connectivity index (χ1v) is 5.70. The molecule has 0 atom stereocenters. The van der Waals surface area contributed by atoms with Gasteiger partial charge in [-0.1, -0.05) is 11.6 Å². The number of nitrogens with zero attached hydrogens (tertiary/aromatic N) is 2. The molecule has 0 spiro atoms. The standard InChI is InChI=1S/C11H11ClN2O3/c12-10-7-8(14(16)17)3-4-9(10)11(15)13-5-1-2-6-13/h3-4,7H,1-2,5-6H2. The highest BCUT2D eigenvalue weighted by atomic mass is 35.5. The Morgan fingerprint density at radius 2 is 2.00 bits per heavy atom. The summed E-state index contributed by atoms with van der Waals surface area (Å²) >= 11 is 5.89. The van der Waals surface area contributed by atoms with E-state index in [1.807, 2.05) is 0 Å². The van der Waals surface area contributed by atoms with Crippen LogP contribution in [0.15, 0.2) is 18.2 Å². The zero-order valence-corrected chi connectivity index (χ0v) is 9.81. The van der Waals surface area contributed by atoms with Crippen LogP contribution in [0.4, 0.5) is 5.69 Å². The van der Waals surface area contributed by atoms with E-state index in [-0.39, 0.29) is 16.6 Å². The number of benzene rings is 1. The van der Waals surface area contributed by atoms with E-state index in [2.05, 4.69) is 0 Å². The van der Waals surface area contributed by atoms with Gasteiger partial charge in [-0.15, -0.1) is 0 Å². The van der Waals surface area contributed by atoms with Crippen molar-refractivity contribution in [2.45, 2.75) is 12.8 Å². The third-order valence-electron chi connectivity index (χ3n) is 2.79. The number of hydrogen-bond donors (Lipinski definition) is 0. The van der Waals surface area contributed by atoms with Gasteiger partial charge in [-0.2, -0.15) is 0 Å². The molecule has 0 N–H and O–H groups in total. The highest BCUT2D eigenvalue weighted by Gasteiger charge is 2.22. The number of hydrogen-bond acceptors (Lipinski definition) is 3. The molecule has 1 amide bonds. The van der Waals surface area contributed by atoms with Crippen molar-refractivity contribution in [3.05, 3.63) is 38.9 Å². The van der Waals surface area contributed by atoms with Crippen LogP contribution in [0, 0.1) is 10.1 Å². The SMILES string of the molecule is O=C(c1ccc([N+](=O)[O-])cc1Cl)N1CCCC1. The van der Waals surface area contributed by atoms with Crippen LogP contribution in [-0.4, -0.2) is 28.8 Å². The lowest BCUT2D eigenvalue weighted by Crippen LogP contribution is -2.27. The fraction of sp³-hybridized carbons (Fsp3) is 0.364. The Balaban J connectivity index is 2.26. The number of carbonyl (C=O) groups is 1. The van der Waals surface area contributed by atoms with Gasteiger partial charge in [0.05, 0.1) is 15.5 Å². The number of amides is 1. The molecule has 1 aliphatic heterocycles. The van der Waals surface area contributed by atoms with Gasteiger partial charge in [0.1, 0.15) is 0 Å². The van der Waals surface area contributed by atoms with E-state index >= 15 is 0 Å². The van der Waals surface area contributed by atoms with Crippen molar-refractivity contribution in [2.75, 3.05) is 13.1 Å². The van der Waals surface area contributed by atoms with Gasteiger partial charge < -0.3 is 4.90 Å². The number of nitro groups is 1. The van der Waals surface area contributed by atoms with Crippen LogP contribution in [-0.2, 0) is 0 Å². The second kappa shape index (κ2) is 4.71. The molecule has 0 unspecified atom stereocenters. The lowest BCUT2D eigenvalue weighted by Gasteiger charge is -2.15. The maximum Gasteiger partial charge on any atom is 0.270 e. The van der Waals surface area contributed by atoms with Crippen molar-refractivity contribution < 1.29 is 9.72 Å². The molecule has 90 valence electrons. The van der Waals surface area contributed by atoms with Gasteiger partial charge in [0.2, 0.25) is 0 Å². The molecule has 1 saturated heterocycles. The summed E-state index contributed by atoms with van der Waals surface area (Å²) in [6.07, 6.45) is 1.99.